The Labute approximate surface area is 166 Å². The lowest BCUT2D eigenvalue weighted by Crippen LogP contribution is -2.36. The van der Waals surface area contributed by atoms with Crippen molar-refractivity contribution >= 4 is 10.0 Å². The number of sulfonamides is 1. The minimum atomic E-state index is -3.64. The maximum atomic E-state index is 13.2. The molecule has 0 amide bonds. The fourth-order valence-electron chi connectivity index (χ4n) is 3.75. The molecule has 0 atom stereocenters. The Bertz CT molecular complexity index is 1010. The van der Waals surface area contributed by atoms with E-state index < -0.39 is 10.0 Å². The molecule has 6 heteroatoms. The second-order valence-electron chi connectivity index (χ2n) is 7.35. The van der Waals surface area contributed by atoms with E-state index in [1.165, 1.54) is 6.42 Å². The second-order valence-corrected chi connectivity index (χ2v) is 9.03. The van der Waals surface area contributed by atoms with Gasteiger partial charge in [-0.05, 0) is 18.4 Å². The van der Waals surface area contributed by atoms with Gasteiger partial charge in [-0.25, -0.2) is 13.1 Å². The van der Waals surface area contributed by atoms with Crippen LogP contribution in [0.15, 0.2) is 71.8 Å². The Morgan fingerprint density at radius 2 is 1.57 bits per heavy atom. The van der Waals surface area contributed by atoms with Gasteiger partial charge < -0.3 is 0 Å². The van der Waals surface area contributed by atoms with Crippen LogP contribution in [-0.4, -0.2) is 24.2 Å². The van der Waals surface area contributed by atoms with E-state index in [-0.39, 0.29) is 10.9 Å². The van der Waals surface area contributed by atoms with Gasteiger partial charge >= 0.3 is 0 Å². The van der Waals surface area contributed by atoms with E-state index >= 15 is 0 Å². The van der Waals surface area contributed by atoms with Crippen LogP contribution in [0.3, 0.4) is 0 Å². The molecule has 0 saturated heterocycles. The quantitative estimate of drug-likeness (QED) is 0.680. The smallest absolute Gasteiger partial charge is 0.244 e. The normalized spacial score (nSPS) is 15.6. The van der Waals surface area contributed by atoms with Crippen LogP contribution in [0, 0.1) is 0 Å². The van der Waals surface area contributed by atoms with Crippen molar-refractivity contribution in [1.82, 2.24) is 14.5 Å². The SMILES string of the molecule is O=S(=O)(NC1CCCCC1)c1cn(Cc2ccccc2)nc1-c1ccccc1. The lowest BCUT2D eigenvalue weighted by atomic mass is 9.96. The number of aromatic nitrogens is 2. The first-order chi connectivity index (χ1) is 13.6. The van der Waals surface area contributed by atoms with Crippen LogP contribution in [0.4, 0.5) is 0 Å². The van der Waals surface area contributed by atoms with Crippen molar-refractivity contribution in [3.05, 3.63) is 72.4 Å². The summed E-state index contributed by atoms with van der Waals surface area (Å²) in [5.41, 5.74) is 2.38. The summed E-state index contributed by atoms with van der Waals surface area (Å²) in [7, 11) is -3.64. The van der Waals surface area contributed by atoms with Crippen LogP contribution in [0.25, 0.3) is 11.3 Å². The molecule has 4 rings (SSSR count). The zero-order valence-electron chi connectivity index (χ0n) is 15.8. The van der Waals surface area contributed by atoms with Crippen molar-refractivity contribution < 1.29 is 8.42 Å². The molecule has 1 N–H and O–H groups in total. The Balaban J connectivity index is 1.69. The number of benzene rings is 2. The van der Waals surface area contributed by atoms with Gasteiger partial charge in [-0.2, -0.15) is 5.10 Å². The highest BCUT2D eigenvalue weighted by Gasteiger charge is 2.27. The molecule has 1 aliphatic carbocycles. The molecule has 146 valence electrons. The monoisotopic (exact) mass is 395 g/mol. The van der Waals surface area contributed by atoms with Crippen molar-refractivity contribution in [2.45, 2.75) is 49.6 Å². The summed E-state index contributed by atoms with van der Waals surface area (Å²) in [5.74, 6) is 0. The zero-order valence-corrected chi connectivity index (χ0v) is 16.6. The molecule has 0 unspecified atom stereocenters. The van der Waals surface area contributed by atoms with Crippen LogP contribution < -0.4 is 4.72 Å². The molecule has 1 aromatic heterocycles. The Morgan fingerprint density at radius 3 is 2.25 bits per heavy atom. The maximum Gasteiger partial charge on any atom is 0.244 e. The Hall–Kier alpha value is -2.44. The Kier molecular flexibility index (Phi) is 5.59. The van der Waals surface area contributed by atoms with Crippen LogP contribution in [0.2, 0.25) is 0 Å². The van der Waals surface area contributed by atoms with E-state index in [4.69, 9.17) is 0 Å². The third kappa shape index (κ3) is 4.34. The summed E-state index contributed by atoms with van der Waals surface area (Å²) < 4.78 is 31.0. The molecule has 2 aromatic carbocycles. The summed E-state index contributed by atoms with van der Waals surface area (Å²) in [6.07, 6.45) is 6.79. The second kappa shape index (κ2) is 8.29. The van der Waals surface area contributed by atoms with Crippen molar-refractivity contribution in [3.63, 3.8) is 0 Å². The maximum absolute atomic E-state index is 13.2. The lowest BCUT2D eigenvalue weighted by molar-refractivity contribution is 0.412. The average Bonchev–Trinajstić information content (AvgIpc) is 3.15. The van der Waals surface area contributed by atoms with Crippen LogP contribution in [0.5, 0.6) is 0 Å². The van der Waals surface area contributed by atoms with Gasteiger partial charge in [-0.3, -0.25) is 4.68 Å². The van der Waals surface area contributed by atoms with Crippen LogP contribution >= 0.6 is 0 Å². The Morgan fingerprint density at radius 1 is 0.929 bits per heavy atom. The van der Waals surface area contributed by atoms with Crippen LogP contribution in [-0.2, 0) is 16.6 Å². The first-order valence-electron chi connectivity index (χ1n) is 9.81. The molecule has 1 fully saturated rings. The van der Waals surface area contributed by atoms with Gasteiger partial charge in [0.15, 0.2) is 0 Å². The minimum Gasteiger partial charge on any atom is -0.266 e. The van der Waals surface area contributed by atoms with Crippen molar-refractivity contribution in [2.75, 3.05) is 0 Å². The van der Waals surface area contributed by atoms with E-state index in [9.17, 15) is 8.42 Å². The number of nitrogens with one attached hydrogen (secondary N) is 1. The number of hydrogen-bond acceptors (Lipinski definition) is 3. The van der Waals surface area contributed by atoms with E-state index in [0.29, 0.717) is 12.2 Å². The largest absolute Gasteiger partial charge is 0.266 e. The van der Waals surface area contributed by atoms with Gasteiger partial charge in [0, 0.05) is 17.8 Å². The zero-order chi connectivity index (χ0) is 19.4. The fourth-order valence-corrected chi connectivity index (χ4v) is 5.23. The van der Waals surface area contributed by atoms with E-state index in [1.807, 2.05) is 60.7 Å². The average molecular weight is 396 g/mol. The van der Waals surface area contributed by atoms with Crippen molar-refractivity contribution in [1.29, 1.82) is 0 Å². The van der Waals surface area contributed by atoms with Crippen molar-refractivity contribution in [2.24, 2.45) is 0 Å². The molecule has 1 aliphatic rings. The molecular weight excluding hydrogens is 370 g/mol. The number of hydrogen-bond donors (Lipinski definition) is 1. The highest BCUT2D eigenvalue weighted by Crippen LogP contribution is 2.27. The van der Waals surface area contributed by atoms with E-state index in [1.54, 1.807) is 10.9 Å². The molecule has 0 spiro atoms. The predicted molar refractivity (Wildman–Crippen MR) is 110 cm³/mol. The number of rotatable bonds is 6. The molecule has 1 heterocycles. The van der Waals surface area contributed by atoms with Gasteiger partial charge in [0.05, 0.1) is 6.54 Å². The molecule has 0 aliphatic heterocycles. The van der Waals surface area contributed by atoms with E-state index in [2.05, 4.69) is 9.82 Å². The summed E-state index contributed by atoms with van der Waals surface area (Å²) in [6.45, 7) is 0.527. The minimum absolute atomic E-state index is 0.0137. The van der Waals surface area contributed by atoms with Gasteiger partial charge in [-0.1, -0.05) is 79.9 Å². The standard InChI is InChI=1S/C22H25N3O2S/c26-28(27,24-20-14-8-3-9-15-20)21-17-25(16-18-10-4-1-5-11-18)23-22(21)19-12-6-2-7-13-19/h1-2,4-7,10-13,17,20,24H,3,8-9,14-16H2. The van der Waals surface area contributed by atoms with Gasteiger partial charge in [0.1, 0.15) is 10.6 Å². The third-order valence-corrected chi connectivity index (χ3v) is 6.70. The highest BCUT2D eigenvalue weighted by atomic mass is 32.2. The first kappa shape index (κ1) is 18.9. The molecule has 1 saturated carbocycles. The third-order valence-electron chi connectivity index (χ3n) is 5.18. The van der Waals surface area contributed by atoms with Crippen molar-refractivity contribution in [3.8, 4) is 11.3 Å². The molecule has 0 bridgehead atoms. The topological polar surface area (TPSA) is 64.0 Å². The van der Waals surface area contributed by atoms with Gasteiger partial charge in [0.25, 0.3) is 0 Å². The number of nitrogens with zero attached hydrogens (tertiary/aromatic N) is 2. The summed E-state index contributed by atoms with van der Waals surface area (Å²) in [6, 6.07) is 19.5. The van der Waals surface area contributed by atoms with Gasteiger partial charge in [-0.15, -0.1) is 0 Å². The molecule has 3 aromatic rings. The fraction of sp³-hybridized carbons (Fsp3) is 0.318. The van der Waals surface area contributed by atoms with Gasteiger partial charge in [0.2, 0.25) is 10.0 Å². The molecule has 28 heavy (non-hydrogen) atoms. The summed E-state index contributed by atoms with van der Waals surface area (Å²) in [4.78, 5) is 0.250. The molecule has 0 radical (unpaired) electrons. The molecule has 5 nitrogen and oxygen atoms in total. The van der Waals surface area contributed by atoms with E-state index in [0.717, 1.165) is 36.8 Å². The lowest BCUT2D eigenvalue weighted by Gasteiger charge is -2.22. The van der Waals surface area contributed by atoms with Crippen LogP contribution in [0.1, 0.15) is 37.7 Å². The predicted octanol–water partition coefficient (Wildman–Crippen LogP) is 4.21. The molecular formula is C22H25N3O2S. The summed E-state index contributed by atoms with van der Waals surface area (Å²) >= 11 is 0. The first-order valence-corrected chi connectivity index (χ1v) is 11.3. The summed E-state index contributed by atoms with van der Waals surface area (Å²) in [5, 5.41) is 4.63. The highest BCUT2D eigenvalue weighted by molar-refractivity contribution is 7.89.